The van der Waals surface area contributed by atoms with Crippen LogP contribution < -0.4 is 0 Å². The lowest BCUT2D eigenvalue weighted by molar-refractivity contribution is 0.184. The molecule has 1 fully saturated rings. The van der Waals surface area contributed by atoms with Gasteiger partial charge in [0.05, 0.1) is 7.11 Å². The molecule has 0 spiro atoms. The number of aromatic nitrogens is 2. The van der Waals surface area contributed by atoms with Crippen molar-refractivity contribution in [3.63, 3.8) is 0 Å². The van der Waals surface area contributed by atoms with Gasteiger partial charge in [-0.2, -0.15) is 0 Å². The first-order valence-corrected chi connectivity index (χ1v) is 9.16. The number of aliphatic hydroxyl groups is 1. The maximum Gasteiger partial charge on any atom is 0.137 e. The van der Waals surface area contributed by atoms with Gasteiger partial charge in [-0.1, -0.05) is 30.6 Å². The Kier molecular flexibility index (Phi) is 5.53. The molecule has 1 aromatic carbocycles. The first-order valence-electron chi connectivity index (χ1n) is 9.16. The monoisotopic (exact) mass is 362 g/mol. The molecule has 1 aliphatic carbocycles. The van der Waals surface area contributed by atoms with Gasteiger partial charge in [0.15, 0.2) is 0 Å². The predicted molar refractivity (Wildman–Crippen MR) is 108 cm³/mol. The molecule has 3 rings (SSSR count). The lowest BCUT2D eigenvalue weighted by atomic mass is 10.1. The van der Waals surface area contributed by atoms with E-state index in [1.807, 2.05) is 41.1 Å². The van der Waals surface area contributed by atoms with Crippen molar-refractivity contribution in [2.75, 3.05) is 7.11 Å². The van der Waals surface area contributed by atoms with Crippen molar-refractivity contribution in [3.05, 3.63) is 71.8 Å². The normalized spacial score (nSPS) is 16.2. The summed E-state index contributed by atoms with van der Waals surface area (Å²) in [5.41, 5.74) is 3.08. The molecular formula is C23H26N2O2. The van der Waals surface area contributed by atoms with Crippen LogP contribution in [-0.4, -0.2) is 21.8 Å². The van der Waals surface area contributed by atoms with E-state index in [1.165, 1.54) is 12.8 Å². The Balaban J connectivity index is 1.72. The molecular weight excluding hydrogens is 336 g/mol. The number of imidazole rings is 1. The summed E-state index contributed by atoms with van der Waals surface area (Å²) in [6, 6.07) is 8.07. The summed E-state index contributed by atoms with van der Waals surface area (Å²) >= 11 is 0. The molecule has 0 saturated heterocycles. The highest BCUT2D eigenvalue weighted by molar-refractivity contribution is 5.63. The molecule has 27 heavy (non-hydrogen) atoms. The Bertz CT molecular complexity index is 904. The highest BCUT2D eigenvalue weighted by atomic mass is 16.5. The number of rotatable bonds is 6. The Morgan fingerprint density at radius 3 is 2.70 bits per heavy atom. The fourth-order valence-electron chi connectivity index (χ4n) is 2.79. The summed E-state index contributed by atoms with van der Waals surface area (Å²) in [4.78, 5) is 4.18. The summed E-state index contributed by atoms with van der Waals surface area (Å²) in [6.45, 7) is 8.56. The van der Waals surface area contributed by atoms with Crippen molar-refractivity contribution in [2.24, 2.45) is 5.41 Å². The van der Waals surface area contributed by atoms with Crippen LogP contribution in [0.2, 0.25) is 0 Å². The minimum atomic E-state index is -0.620. The number of hydrogen-bond acceptors (Lipinski definition) is 3. The van der Waals surface area contributed by atoms with E-state index in [0.29, 0.717) is 12.4 Å². The first-order chi connectivity index (χ1) is 12.9. The number of ether oxygens (including phenoxy) is 1. The van der Waals surface area contributed by atoms with Gasteiger partial charge in [0, 0.05) is 35.5 Å². The van der Waals surface area contributed by atoms with E-state index < -0.39 is 6.10 Å². The van der Waals surface area contributed by atoms with Crippen molar-refractivity contribution in [1.29, 1.82) is 0 Å². The third kappa shape index (κ3) is 4.90. The number of methoxy groups -OCH3 is 1. The van der Waals surface area contributed by atoms with Crippen LogP contribution in [0.5, 0.6) is 0 Å². The zero-order chi connectivity index (χ0) is 19.4. The molecule has 1 atom stereocenters. The van der Waals surface area contributed by atoms with Gasteiger partial charge >= 0.3 is 0 Å². The summed E-state index contributed by atoms with van der Waals surface area (Å²) in [6.07, 6.45) is 7.21. The third-order valence-corrected chi connectivity index (χ3v) is 4.73. The zero-order valence-electron chi connectivity index (χ0n) is 16.2. The van der Waals surface area contributed by atoms with E-state index in [-0.39, 0.29) is 5.41 Å². The smallest absolute Gasteiger partial charge is 0.137 e. The largest absolute Gasteiger partial charge is 0.496 e. The van der Waals surface area contributed by atoms with Crippen molar-refractivity contribution in [1.82, 2.24) is 9.55 Å². The van der Waals surface area contributed by atoms with Crippen LogP contribution in [0.4, 0.5) is 0 Å². The quantitative estimate of drug-likeness (QED) is 0.473. The van der Waals surface area contributed by atoms with E-state index in [9.17, 15) is 5.11 Å². The molecule has 140 valence electrons. The van der Waals surface area contributed by atoms with Gasteiger partial charge in [-0.3, -0.25) is 0 Å². The molecule has 1 heterocycles. The van der Waals surface area contributed by atoms with Gasteiger partial charge < -0.3 is 14.4 Å². The first kappa shape index (κ1) is 19.0. The second-order valence-corrected chi connectivity index (χ2v) is 7.35. The van der Waals surface area contributed by atoms with Crippen molar-refractivity contribution in [3.8, 4) is 11.8 Å². The van der Waals surface area contributed by atoms with Crippen molar-refractivity contribution >= 4 is 5.76 Å². The van der Waals surface area contributed by atoms with Gasteiger partial charge in [0.1, 0.15) is 17.7 Å². The molecule has 0 bridgehead atoms. The fraction of sp³-hybridized carbons (Fsp3) is 0.348. The standard InChI is InChI=1S/C23H26N2O2/c1-17(16-25-14-13-24-22(25)18(2)26)15-21(27-4)20-7-5-19(6-8-20)9-10-23(3)11-12-23/h5-8,13-15,18,26H,1,11-12,16H2,2-4H3/b21-15-/t18-/m0/s1. The number of benzene rings is 1. The summed E-state index contributed by atoms with van der Waals surface area (Å²) in [5.74, 6) is 7.96. The van der Waals surface area contributed by atoms with Gasteiger partial charge in [-0.05, 0) is 50.5 Å². The number of nitrogens with zero attached hydrogens (tertiary/aromatic N) is 2. The molecule has 1 aliphatic rings. The minimum Gasteiger partial charge on any atom is -0.496 e. The van der Waals surface area contributed by atoms with Gasteiger partial charge in [-0.15, -0.1) is 0 Å². The van der Waals surface area contributed by atoms with Crippen molar-refractivity contribution in [2.45, 2.75) is 39.3 Å². The number of aliphatic hydroxyl groups excluding tert-OH is 1. The second kappa shape index (κ2) is 7.85. The fourth-order valence-corrected chi connectivity index (χ4v) is 2.79. The molecule has 1 N–H and O–H groups in total. The molecule has 4 heteroatoms. The second-order valence-electron chi connectivity index (χ2n) is 7.35. The van der Waals surface area contributed by atoms with E-state index in [1.54, 1.807) is 20.2 Å². The summed E-state index contributed by atoms with van der Waals surface area (Å²) in [5, 5.41) is 9.77. The maximum absolute atomic E-state index is 9.77. The average molecular weight is 362 g/mol. The molecule has 1 saturated carbocycles. The van der Waals surface area contributed by atoms with Crippen LogP contribution in [0.15, 0.2) is 54.9 Å². The molecule has 1 aromatic heterocycles. The Hall–Kier alpha value is -2.77. The van der Waals surface area contributed by atoms with Crippen LogP contribution in [0.1, 0.15) is 49.7 Å². The van der Waals surface area contributed by atoms with E-state index in [4.69, 9.17) is 4.74 Å². The van der Waals surface area contributed by atoms with E-state index in [2.05, 4.69) is 30.3 Å². The van der Waals surface area contributed by atoms with E-state index >= 15 is 0 Å². The topological polar surface area (TPSA) is 47.3 Å². The Labute approximate surface area is 161 Å². The molecule has 4 nitrogen and oxygen atoms in total. The third-order valence-electron chi connectivity index (χ3n) is 4.73. The summed E-state index contributed by atoms with van der Waals surface area (Å²) < 4.78 is 7.44. The predicted octanol–water partition coefficient (Wildman–Crippen LogP) is 4.33. The van der Waals surface area contributed by atoms with Crippen LogP contribution in [0, 0.1) is 17.3 Å². The number of allylic oxidation sites excluding steroid dienone is 2. The Morgan fingerprint density at radius 1 is 1.41 bits per heavy atom. The molecule has 0 unspecified atom stereocenters. The molecule has 0 aliphatic heterocycles. The average Bonchev–Trinajstić information content (AvgIpc) is 3.20. The van der Waals surface area contributed by atoms with E-state index in [0.717, 1.165) is 22.5 Å². The minimum absolute atomic E-state index is 0.228. The van der Waals surface area contributed by atoms with Crippen molar-refractivity contribution < 1.29 is 9.84 Å². The van der Waals surface area contributed by atoms with Crippen LogP contribution in [0.3, 0.4) is 0 Å². The lowest BCUT2D eigenvalue weighted by Crippen LogP contribution is -2.07. The highest BCUT2D eigenvalue weighted by Crippen LogP contribution is 2.44. The van der Waals surface area contributed by atoms with Gasteiger partial charge in [-0.25, -0.2) is 4.98 Å². The molecule has 2 aromatic rings. The van der Waals surface area contributed by atoms with Crippen LogP contribution in [0.25, 0.3) is 5.76 Å². The van der Waals surface area contributed by atoms with Crippen LogP contribution in [-0.2, 0) is 11.3 Å². The van der Waals surface area contributed by atoms with Gasteiger partial charge in [0.2, 0.25) is 0 Å². The molecule has 0 amide bonds. The molecule has 0 radical (unpaired) electrons. The SMILES string of the molecule is C=C(/C=C(\OC)c1ccc(C#CC2(C)CC2)cc1)Cn1ccnc1[C@H](C)O. The highest BCUT2D eigenvalue weighted by Gasteiger charge is 2.35. The Morgan fingerprint density at radius 2 is 2.11 bits per heavy atom. The van der Waals surface area contributed by atoms with Gasteiger partial charge in [0.25, 0.3) is 0 Å². The van der Waals surface area contributed by atoms with Crippen LogP contribution >= 0.6 is 0 Å². The number of hydrogen-bond donors (Lipinski definition) is 1. The zero-order valence-corrected chi connectivity index (χ0v) is 16.2. The lowest BCUT2D eigenvalue weighted by Gasteiger charge is -2.11. The summed E-state index contributed by atoms with van der Waals surface area (Å²) in [7, 11) is 1.65. The maximum atomic E-state index is 9.77.